The largest absolute Gasteiger partial charge is 0.309 e. The number of hydrogen-bond acceptors (Lipinski definition) is 2. The topological polar surface area (TPSA) is 9.86 Å². The first-order chi connectivity index (χ1) is 54.6. The molecular formula is C106H66N2S2. The van der Waals surface area contributed by atoms with Crippen molar-refractivity contribution in [2.24, 2.45) is 0 Å². The van der Waals surface area contributed by atoms with Gasteiger partial charge >= 0.3 is 0 Å². The maximum absolute atomic E-state index is 2.50. The van der Waals surface area contributed by atoms with Gasteiger partial charge in [0.2, 0.25) is 0 Å². The van der Waals surface area contributed by atoms with Gasteiger partial charge in [-0.1, -0.05) is 309 Å². The van der Waals surface area contributed by atoms with Gasteiger partial charge in [0.25, 0.3) is 0 Å². The van der Waals surface area contributed by atoms with Gasteiger partial charge in [-0.3, -0.25) is 0 Å². The van der Waals surface area contributed by atoms with Gasteiger partial charge < -0.3 is 9.13 Å². The Balaban J connectivity index is 0.000000132. The predicted molar refractivity (Wildman–Crippen MR) is 470 cm³/mol. The molecule has 0 N–H and O–H groups in total. The summed E-state index contributed by atoms with van der Waals surface area (Å²) in [4.78, 5) is 0. The number of aromatic nitrogens is 2. The minimum Gasteiger partial charge on any atom is -0.309 e. The molecule has 0 aliphatic heterocycles. The van der Waals surface area contributed by atoms with E-state index in [0.29, 0.717) is 0 Å². The van der Waals surface area contributed by atoms with Crippen LogP contribution in [0.25, 0.3) is 184 Å². The van der Waals surface area contributed by atoms with Crippen molar-refractivity contribution in [1.29, 1.82) is 0 Å². The van der Waals surface area contributed by atoms with Crippen LogP contribution in [0.5, 0.6) is 0 Å². The first-order valence-corrected chi connectivity index (χ1v) is 39.7. The van der Waals surface area contributed by atoms with Gasteiger partial charge in [0.05, 0.1) is 33.4 Å². The second-order valence-corrected chi connectivity index (χ2v) is 31.8. The summed E-state index contributed by atoms with van der Waals surface area (Å²) in [6.07, 6.45) is 0. The number of nitrogens with zero attached hydrogens (tertiary/aromatic N) is 2. The fourth-order valence-corrected chi connectivity index (χ4v) is 21.2. The summed E-state index contributed by atoms with van der Waals surface area (Å²) in [6.45, 7) is 0. The molecule has 22 aromatic rings. The van der Waals surface area contributed by atoms with Crippen LogP contribution in [0.3, 0.4) is 0 Å². The molecule has 0 fully saturated rings. The van der Waals surface area contributed by atoms with Crippen LogP contribution in [0.1, 0.15) is 45.2 Å². The van der Waals surface area contributed by atoms with Crippen molar-refractivity contribution in [3.8, 4) is 78.1 Å². The Morgan fingerprint density at radius 2 is 0.600 bits per heavy atom. The molecular weight excluding hydrogens is 1370 g/mol. The minimum absolute atomic E-state index is 0.185. The Hall–Kier alpha value is -13.5. The van der Waals surface area contributed by atoms with Crippen LogP contribution < -0.4 is 0 Å². The lowest BCUT2D eigenvalue weighted by molar-refractivity contribution is 1.02. The van der Waals surface area contributed by atoms with Crippen LogP contribution in [0.15, 0.2) is 388 Å². The number of hydrogen-bond donors (Lipinski definition) is 0. The van der Waals surface area contributed by atoms with Crippen molar-refractivity contribution in [1.82, 2.24) is 9.13 Å². The van der Waals surface area contributed by atoms with Crippen LogP contribution in [0, 0.1) is 0 Å². The molecule has 2 aliphatic carbocycles. The van der Waals surface area contributed by atoms with E-state index < -0.39 is 0 Å². The summed E-state index contributed by atoms with van der Waals surface area (Å²) in [5.41, 5.74) is 30.8. The van der Waals surface area contributed by atoms with Crippen molar-refractivity contribution in [2.75, 3.05) is 0 Å². The quantitative estimate of drug-likeness (QED) is 0.143. The molecule has 0 spiro atoms. The summed E-state index contributed by atoms with van der Waals surface area (Å²) >= 11 is 3.80. The monoisotopic (exact) mass is 1430 g/mol. The molecule has 4 heteroatoms. The molecule has 2 aliphatic rings. The lowest BCUT2D eigenvalue weighted by Gasteiger charge is -2.16. The smallest absolute Gasteiger partial charge is 0.0556 e. The molecule has 4 aromatic heterocycles. The Labute approximate surface area is 644 Å². The fourth-order valence-electron chi connectivity index (χ4n) is 18.8. The lowest BCUT2D eigenvalue weighted by Crippen LogP contribution is -1.99. The first-order valence-electron chi connectivity index (χ1n) is 38.1. The van der Waals surface area contributed by atoms with E-state index in [1.807, 2.05) is 22.7 Å². The lowest BCUT2D eigenvalue weighted by atomic mass is 9.87. The number of benzene rings is 18. The van der Waals surface area contributed by atoms with Gasteiger partial charge in [-0.15, -0.1) is 22.7 Å². The third-order valence-corrected chi connectivity index (χ3v) is 26.1. The zero-order valence-corrected chi connectivity index (χ0v) is 61.4. The van der Waals surface area contributed by atoms with E-state index in [4.69, 9.17) is 0 Å². The van der Waals surface area contributed by atoms with E-state index in [1.165, 1.54) is 217 Å². The van der Waals surface area contributed by atoms with E-state index in [0.717, 1.165) is 0 Å². The van der Waals surface area contributed by atoms with Crippen LogP contribution in [-0.2, 0) is 0 Å². The minimum atomic E-state index is 0.185. The summed E-state index contributed by atoms with van der Waals surface area (Å²) in [6, 6.07) is 144. The second kappa shape index (κ2) is 25.1. The van der Waals surface area contributed by atoms with Gasteiger partial charge in [-0.25, -0.2) is 0 Å². The van der Waals surface area contributed by atoms with Crippen molar-refractivity contribution in [2.45, 2.75) is 11.8 Å². The predicted octanol–water partition coefficient (Wildman–Crippen LogP) is 29.6. The fraction of sp³-hybridized carbons (Fsp3) is 0.0189. The number of rotatable bonds is 8. The average Bonchev–Trinajstić information content (AvgIpc) is 1.56. The molecule has 0 bridgehead atoms. The molecule has 0 radical (unpaired) electrons. The molecule has 110 heavy (non-hydrogen) atoms. The molecule has 0 saturated carbocycles. The molecule has 4 heterocycles. The molecule has 512 valence electrons. The highest BCUT2D eigenvalue weighted by Crippen LogP contribution is 2.54. The molecule has 2 unspecified atom stereocenters. The van der Waals surface area contributed by atoms with E-state index >= 15 is 0 Å². The van der Waals surface area contributed by atoms with Gasteiger partial charge in [0.1, 0.15) is 0 Å². The van der Waals surface area contributed by atoms with Crippen LogP contribution >= 0.6 is 22.7 Å². The molecule has 0 amide bonds. The van der Waals surface area contributed by atoms with Crippen LogP contribution in [0.4, 0.5) is 0 Å². The molecule has 0 saturated heterocycles. The van der Waals surface area contributed by atoms with E-state index in [9.17, 15) is 0 Å². The van der Waals surface area contributed by atoms with Crippen molar-refractivity contribution >= 4 is 128 Å². The highest BCUT2D eigenvalue weighted by Gasteiger charge is 2.33. The van der Waals surface area contributed by atoms with Crippen molar-refractivity contribution in [3.63, 3.8) is 0 Å². The molecule has 24 rings (SSSR count). The van der Waals surface area contributed by atoms with Gasteiger partial charge in [0, 0.05) is 84.5 Å². The number of fused-ring (bicyclic) bond motifs is 22. The van der Waals surface area contributed by atoms with Crippen LogP contribution in [-0.4, -0.2) is 9.13 Å². The van der Waals surface area contributed by atoms with E-state index in [-0.39, 0.29) is 11.8 Å². The summed E-state index contributed by atoms with van der Waals surface area (Å²) < 4.78 is 10.3. The Bertz CT molecular complexity index is 7540. The molecule has 18 aromatic carbocycles. The highest BCUT2D eigenvalue weighted by atomic mass is 32.1. The SMILES string of the molecule is c1ccc(-c2cccc(C3c4ccccc4-c4cc(-c5ccc6c(c5)c5c7c(ccc5n6-c5cccc6ccccc56)sc5ccccc57)ccc43)c2)cc1.c1ccc(-c2cccc(C3c4ccccc4-c4cc(-c5ccc6c(c5)c5c7sc8ccccc8c7ccc5n6-c5cccc6ccccc56)ccc43)c2)cc1. The second-order valence-electron chi connectivity index (χ2n) is 29.6. The molecule has 2 atom stereocenters. The summed E-state index contributed by atoms with van der Waals surface area (Å²) in [7, 11) is 0. The van der Waals surface area contributed by atoms with Crippen molar-refractivity contribution in [3.05, 3.63) is 422 Å². The van der Waals surface area contributed by atoms with Crippen LogP contribution in [0.2, 0.25) is 0 Å². The van der Waals surface area contributed by atoms with Gasteiger partial charge in [-0.2, -0.15) is 0 Å². The van der Waals surface area contributed by atoms with Gasteiger partial charge in [0.15, 0.2) is 0 Å². The standard InChI is InChI=1S/2C53H33NS/c1-2-12-33(13-3-1)35-16-10-17-38(30-35)51-42-21-7-6-19-40(42)45-31-36(24-26-43(45)51)37-25-28-48-46(32-37)52-49(29-27-44-41-20-8-9-23-50(41)55-53(44)52)54(48)47-22-11-15-34-14-4-5-18-39(34)47;1-2-12-33(13-3-1)35-16-10-17-38(30-35)51-41-20-7-6-19-40(41)44-31-36(24-26-42(44)51)37-25-27-47-45(32-37)52-48(28-29-50-53(52)43-21-8-9-23-49(43)55-50)54(47)46-22-11-15-34-14-4-5-18-39(34)46/h2*1-32,51H. The molecule has 2 nitrogen and oxygen atoms in total. The van der Waals surface area contributed by atoms with Gasteiger partial charge in [-0.05, 0) is 190 Å². The zero-order chi connectivity index (χ0) is 72.1. The zero-order valence-electron chi connectivity index (χ0n) is 59.8. The van der Waals surface area contributed by atoms with Crippen molar-refractivity contribution < 1.29 is 0 Å². The highest BCUT2D eigenvalue weighted by molar-refractivity contribution is 7.27. The average molecular weight is 1430 g/mol. The normalized spacial score (nSPS) is 13.6. The Kier molecular flexibility index (Phi) is 14.3. The summed E-state index contributed by atoms with van der Waals surface area (Å²) in [5, 5.41) is 15.6. The first kappa shape index (κ1) is 62.7. The maximum atomic E-state index is 2.50. The third kappa shape index (κ3) is 9.79. The number of thiophene rings is 2. The Morgan fingerprint density at radius 1 is 0.200 bits per heavy atom. The van der Waals surface area contributed by atoms with E-state index in [2.05, 4.69) is 397 Å². The maximum Gasteiger partial charge on any atom is 0.0556 e. The third-order valence-electron chi connectivity index (χ3n) is 23.7. The summed E-state index contributed by atoms with van der Waals surface area (Å²) in [5.74, 6) is 0.372. The van der Waals surface area contributed by atoms with E-state index in [1.54, 1.807) is 0 Å². The Morgan fingerprint density at radius 3 is 1.17 bits per heavy atom.